The summed E-state index contributed by atoms with van der Waals surface area (Å²) in [5.74, 6) is 0. The van der Waals surface area contributed by atoms with Crippen molar-refractivity contribution in [3.8, 4) is 0 Å². The van der Waals surface area contributed by atoms with Gasteiger partial charge in [-0.15, -0.1) is 0 Å². The van der Waals surface area contributed by atoms with Crippen molar-refractivity contribution < 1.29 is 43.5 Å². The summed E-state index contributed by atoms with van der Waals surface area (Å²) in [7, 11) is 0. The van der Waals surface area contributed by atoms with E-state index in [-0.39, 0.29) is 23.8 Å². The van der Waals surface area contributed by atoms with E-state index in [0.717, 1.165) is 7.14 Å². The summed E-state index contributed by atoms with van der Waals surface area (Å²) in [6.45, 7) is 0. The van der Waals surface area contributed by atoms with Crippen LogP contribution >= 0.6 is 0 Å². The third kappa shape index (κ3) is 4.14. The molecule has 0 heterocycles. The van der Waals surface area contributed by atoms with E-state index in [0.29, 0.717) is 0 Å². The summed E-state index contributed by atoms with van der Waals surface area (Å²) in [6.07, 6.45) is 0. The van der Waals surface area contributed by atoms with Crippen LogP contribution in [-0.2, 0) is 0 Å². The second-order valence-corrected chi connectivity index (χ2v) is 6.60. The first kappa shape index (κ1) is 16.3. The lowest BCUT2D eigenvalue weighted by molar-refractivity contribution is -0.598. The largest absolute Gasteiger partial charge is 1.00 e. The number of nitro groups is 2. The van der Waals surface area contributed by atoms with E-state index in [1.165, 1.54) is 24.3 Å². The van der Waals surface area contributed by atoms with Crippen LogP contribution in [0.25, 0.3) is 0 Å². The van der Waals surface area contributed by atoms with Gasteiger partial charge >= 0.3 is 21.2 Å². The Hall–Kier alpha value is -1.74. The minimum absolute atomic E-state index is 0. The van der Waals surface area contributed by atoms with Crippen molar-refractivity contribution in [2.75, 3.05) is 0 Å². The third-order valence-corrected chi connectivity index (χ3v) is 4.84. The maximum absolute atomic E-state index is 10.7. The number of halogens is 2. The number of nitro benzene ring substituents is 2. The highest BCUT2D eigenvalue weighted by Crippen LogP contribution is 2.09. The summed E-state index contributed by atoms with van der Waals surface area (Å²) in [4.78, 5) is 20.5. The van der Waals surface area contributed by atoms with Crippen LogP contribution in [0.1, 0.15) is 0 Å². The van der Waals surface area contributed by atoms with Gasteiger partial charge in [0.05, 0.1) is 22.0 Å². The van der Waals surface area contributed by atoms with E-state index in [9.17, 15) is 20.2 Å². The van der Waals surface area contributed by atoms with Gasteiger partial charge in [0.15, 0.2) is 0 Å². The summed E-state index contributed by atoms with van der Waals surface area (Å²) in [6, 6.07) is 12.8. The Bertz CT molecular complexity index is 595. The number of non-ortho nitro benzene ring substituents is 2. The number of hydrogen-bond donors (Lipinski definition) is 0. The predicted molar refractivity (Wildman–Crippen MR) is 63.6 cm³/mol. The van der Waals surface area contributed by atoms with Crippen molar-refractivity contribution >= 4 is 11.4 Å². The molecule has 2 aromatic carbocycles. The van der Waals surface area contributed by atoms with Crippen LogP contribution in [0.15, 0.2) is 48.5 Å². The van der Waals surface area contributed by atoms with Crippen LogP contribution in [0, 0.1) is 27.4 Å². The molecule has 0 aliphatic rings. The summed E-state index contributed by atoms with van der Waals surface area (Å²) in [5.41, 5.74) is 0.0882. The quantitative estimate of drug-likeness (QED) is 0.301. The van der Waals surface area contributed by atoms with Crippen molar-refractivity contribution in [2.24, 2.45) is 0 Å². The molecule has 0 bridgehead atoms. The fourth-order valence-electron chi connectivity index (χ4n) is 1.42. The van der Waals surface area contributed by atoms with Crippen molar-refractivity contribution in [3.63, 3.8) is 0 Å². The molecule has 104 valence electrons. The maximum Gasteiger partial charge on any atom is 0.358 e. The molecule has 0 spiro atoms. The molecule has 2 rings (SSSR count). The van der Waals surface area contributed by atoms with Gasteiger partial charge in [-0.05, 0) is 12.1 Å². The van der Waals surface area contributed by atoms with Gasteiger partial charge in [-0.25, -0.2) is 0 Å². The highest BCUT2D eigenvalue weighted by molar-refractivity contribution is 5.29. The zero-order valence-corrected chi connectivity index (χ0v) is 12.8. The zero-order chi connectivity index (χ0) is 13.8. The Labute approximate surface area is 130 Å². The first-order valence-electron chi connectivity index (χ1n) is 5.20. The monoisotopic (exact) mass is 406 g/mol. The van der Waals surface area contributed by atoms with Crippen LogP contribution in [0.3, 0.4) is 0 Å². The van der Waals surface area contributed by atoms with E-state index in [1.54, 1.807) is 24.3 Å². The van der Waals surface area contributed by atoms with Crippen LogP contribution in [0.4, 0.5) is 11.4 Å². The van der Waals surface area contributed by atoms with E-state index < -0.39 is 31.1 Å². The van der Waals surface area contributed by atoms with Crippen LogP contribution < -0.4 is 33.6 Å². The first-order valence-corrected chi connectivity index (χ1v) is 7.36. The molecule has 0 aliphatic carbocycles. The predicted octanol–water partition coefficient (Wildman–Crippen LogP) is -3.36. The molecule has 0 fully saturated rings. The molecule has 0 aromatic heterocycles. The number of hydrogen-bond acceptors (Lipinski definition) is 4. The van der Waals surface area contributed by atoms with Crippen molar-refractivity contribution in [1.29, 1.82) is 0 Å². The van der Waals surface area contributed by atoms with Gasteiger partial charge in [0.25, 0.3) is 11.4 Å². The third-order valence-electron chi connectivity index (χ3n) is 2.26. The molecule has 0 aliphatic heterocycles. The van der Waals surface area contributed by atoms with E-state index in [2.05, 4.69) is 0 Å². The Morgan fingerprint density at radius 2 is 1.20 bits per heavy atom. The number of rotatable bonds is 4. The summed E-state index contributed by atoms with van der Waals surface area (Å²) >= 11 is -0.665. The fraction of sp³-hybridized carbons (Fsp3) is 0. The van der Waals surface area contributed by atoms with Gasteiger partial charge in [-0.2, -0.15) is 0 Å². The van der Waals surface area contributed by atoms with Crippen LogP contribution in [0.5, 0.6) is 0 Å². The molecule has 0 N–H and O–H groups in total. The lowest BCUT2D eigenvalue weighted by Crippen LogP contribution is -3.61. The van der Waals surface area contributed by atoms with Gasteiger partial charge in [-0.1, -0.05) is 12.1 Å². The second kappa shape index (κ2) is 7.15. The van der Waals surface area contributed by atoms with Gasteiger partial charge < -0.3 is 12.4 Å². The topological polar surface area (TPSA) is 86.3 Å². The molecule has 0 amide bonds. The molecule has 0 unspecified atom stereocenters. The maximum atomic E-state index is 10.7. The lowest BCUT2D eigenvalue weighted by atomic mass is 10.3. The average Bonchev–Trinajstić information content (AvgIpc) is 2.39. The molecule has 0 saturated carbocycles. The zero-order valence-electron chi connectivity index (χ0n) is 9.90. The SMILES string of the molecule is O=[N+]([O-])c1cccc([I+]c2cccc([N+](=O)[O-])c2)c1.[Cl-]. The van der Waals surface area contributed by atoms with Crippen molar-refractivity contribution in [1.82, 2.24) is 0 Å². The Balaban J connectivity index is 0.00000200. The Kier molecular flexibility index (Phi) is 5.83. The van der Waals surface area contributed by atoms with Crippen LogP contribution in [-0.4, -0.2) is 9.85 Å². The summed E-state index contributed by atoms with van der Waals surface area (Å²) < 4.78 is 1.71. The molecule has 0 atom stereocenters. The smallest absolute Gasteiger partial charge is 0.358 e. The number of benzene rings is 2. The molecular weight excluding hydrogens is 398 g/mol. The molecule has 0 saturated heterocycles. The van der Waals surface area contributed by atoms with Crippen molar-refractivity contribution in [2.45, 2.75) is 0 Å². The molecule has 2 aromatic rings. The molecule has 8 heteroatoms. The minimum Gasteiger partial charge on any atom is -1.00 e. The van der Waals surface area contributed by atoms with Gasteiger partial charge in [0.2, 0.25) is 7.14 Å². The van der Waals surface area contributed by atoms with Gasteiger partial charge in [-0.3, -0.25) is 20.2 Å². The fourth-order valence-corrected chi connectivity index (χ4v) is 3.87. The lowest BCUT2D eigenvalue weighted by Gasteiger charge is -1.91. The van der Waals surface area contributed by atoms with E-state index in [4.69, 9.17) is 0 Å². The number of nitrogens with zero attached hydrogens (tertiary/aromatic N) is 2. The van der Waals surface area contributed by atoms with Gasteiger partial charge in [0, 0.05) is 12.1 Å². The van der Waals surface area contributed by atoms with E-state index in [1.807, 2.05) is 0 Å². The standard InChI is InChI=1S/C12H8IN2O4.ClH/c16-14(17)11-5-1-3-9(7-11)13-10-4-2-6-12(8-10)15(18)19;/h1-8H;1H/q+1;/p-1. The normalized spacial score (nSPS) is 9.60. The second-order valence-electron chi connectivity index (χ2n) is 3.57. The van der Waals surface area contributed by atoms with Crippen LogP contribution in [0.2, 0.25) is 0 Å². The van der Waals surface area contributed by atoms with E-state index >= 15 is 0 Å². The summed E-state index contributed by atoms with van der Waals surface area (Å²) in [5, 5.41) is 21.4. The minimum atomic E-state index is -0.665. The Morgan fingerprint density at radius 3 is 1.55 bits per heavy atom. The highest BCUT2D eigenvalue weighted by Gasteiger charge is 2.21. The highest BCUT2D eigenvalue weighted by atomic mass is 127. The first-order chi connectivity index (χ1) is 9.06. The molecular formula is C12H8ClIN2O4. The average molecular weight is 407 g/mol. The van der Waals surface area contributed by atoms with Crippen molar-refractivity contribution in [3.05, 3.63) is 75.9 Å². The van der Waals surface area contributed by atoms with Gasteiger partial charge in [0.1, 0.15) is 0 Å². The molecule has 20 heavy (non-hydrogen) atoms. The molecule has 6 nitrogen and oxygen atoms in total. The molecule has 0 radical (unpaired) electrons. The Morgan fingerprint density at radius 1 is 0.800 bits per heavy atom.